The molecule has 0 rings (SSSR count). The number of nitrogens with one attached hydrogen (secondary N) is 1. The fraction of sp³-hybridized carbons (Fsp3) is 0.938. The van der Waals surface area contributed by atoms with Crippen LogP contribution in [0.15, 0.2) is 0 Å². The molecule has 1 amide bonds. The molecule has 0 aliphatic carbocycles. The Labute approximate surface area is 124 Å². The molecule has 0 heterocycles. The van der Waals surface area contributed by atoms with Crippen LogP contribution in [0.3, 0.4) is 0 Å². The van der Waals surface area contributed by atoms with Gasteiger partial charge in [-0.15, -0.1) is 0 Å². The molecule has 0 aromatic carbocycles. The zero-order chi connectivity index (χ0) is 15.4. The Morgan fingerprint density at radius 1 is 1.15 bits per heavy atom. The van der Waals surface area contributed by atoms with Crippen LogP contribution in [0.5, 0.6) is 0 Å². The molecule has 0 saturated carbocycles. The third-order valence-electron chi connectivity index (χ3n) is 3.54. The van der Waals surface area contributed by atoms with Gasteiger partial charge in [-0.1, -0.05) is 39.0 Å². The van der Waals surface area contributed by atoms with Crippen LogP contribution in [-0.2, 0) is 9.53 Å². The molecule has 120 valence electrons. The molecule has 4 heteroatoms. The van der Waals surface area contributed by atoms with E-state index in [1.165, 1.54) is 32.1 Å². The van der Waals surface area contributed by atoms with E-state index in [2.05, 4.69) is 12.2 Å². The van der Waals surface area contributed by atoms with Crippen LogP contribution in [-0.4, -0.2) is 30.7 Å². The average Bonchev–Trinajstić information content (AvgIpc) is 2.35. The molecule has 1 unspecified atom stereocenters. The van der Waals surface area contributed by atoms with Gasteiger partial charge >= 0.3 is 0 Å². The van der Waals surface area contributed by atoms with Gasteiger partial charge in [0.05, 0.1) is 5.54 Å². The molecule has 1 atom stereocenters. The van der Waals surface area contributed by atoms with Gasteiger partial charge in [-0.3, -0.25) is 4.79 Å². The maximum Gasteiger partial charge on any atom is 0.237 e. The SMILES string of the molecule is CCCCCCCCOCCC(C)(NC(C)C)C(N)=O. The summed E-state index contributed by atoms with van der Waals surface area (Å²) in [5, 5.41) is 3.23. The second-order valence-electron chi connectivity index (χ2n) is 6.13. The quantitative estimate of drug-likeness (QED) is 0.512. The number of carbonyl (C=O) groups is 1. The van der Waals surface area contributed by atoms with Crippen LogP contribution < -0.4 is 11.1 Å². The van der Waals surface area contributed by atoms with E-state index in [1.54, 1.807) is 0 Å². The van der Waals surface area contributed by atoms with Crippen molar-refractivity contribution >= 4 is 5.91 Å². The summed E-state index contributed by atoms with van der Waals surface area (Å²) in [6, 6.07) is 0.228. The molecule has 0 fully saturated rings. The van der Waals surface area contributed by atoms with Gasteiger partial charge in [0.15, 0.2) is 0 Å². The van der Waals surface area contributed by atoms with Crippen LogP contribution in [0, 0.1) is 0 Å². The van der Waals surface area contributed by atoms with Crippen LogP contribution in [0.2, 0.25) is 0 Å². The van der Waals surface area contributed by atoms with Crippen molar-refractivity contribution < 1.29 is 9.53 Å². The molecule has 0 aliphatic rings. The molecular weight excluding hydrogens is 252 g/mol. The third kappa shape index (κ3) is 9.32. The highest BCUT2D eigenvalue weighted by Gasteiger charge is 2.30. The Hall–Kier alpha value is -0.610. The number of ether oxygens (including phenoxy) is 1. The van der Waals surface area contributed by atoms with Crippen molar-refractivity contribution in [3.05, 3.63) is 0 Å². The maximum absolute atomic E-state index is 11.5. The van der Waals surface area contributed by atoms with E-state index in [0.717, 1.165) is 13.0 Å². The van der Waals surface area contributed by atoms with Gasteiger partial charge in [-0.2, -0.15) is 0 Å². The summed E-state index contributed by atoms with van der Waals surface area (Å²) >= 11 is 0. The predicted octanol–water partition coefficient (Wildman–Crippen LogP) is 3.00. The van der Waals surface area contributed by atoms with E-state index in [0.29, 0.717) is 13.0 Å². The molecule has 0 aliphatic heterocycles. The zero-order valence-corrected chi connectivity index (χ0v) is 13.8. The second kappa shape index (κ2) is 11.1. The topological polar surface area (TPSA) is 64.3 Å². The molecule has 0 radical (unpaired) electrons. The molecular formula is C16H34N2O2. The molecule has 3 N–H and O–H groups in total. The lowest BCUT2D eigenvalue weighted by Gasteiger charge is -2.29. The molecule has 4 nitrogen and oxygen atoms in total. The number of primary amides is 1. The summed E-state index contributed by atoms with van der Waals surface area (Å²) in [7, 11) is 0. The van der Waals surface area contributed by atoms with E-state index >= 15 is 0 Å². The van der Waals surface area contributed by atoms with Crippen LogP contribution in [0.1, 0.15) is 72.6 Å². The van der Waals surface area contributed by atoms with Gasteiger partial charge in [0, 0.05) is 19.3 Å². The predicted molar refractivity (Wildman–Crippen MR) is 84.7 cm³/mol. The van der Waals surface area contributed by atoms with Crippen molar-refractivity contribution in [1.29, 1.82) is 0 Å². The van der Waals surface area contributed by atoms with Crippen LogP contribution >= 0.6 is 0 Å². The molecule has 0 spiro atoms. The van der Waals surface area contributed by atoms with Crippen molar-refractivity contribution in [3.63, 3.8) is 0 Å². The fourth-order valence-corrected chi connectivity index (χ4v) is 2.27. The monoisotopic (exact) mass is 286 g/mol. The van der Waals surface area contributed by atoms with E-state index in [1.807, 2.05) is 20.8 Å². The number of rotatable bonds is 13. The van der Waals surface area contributed by atoms with Crippen LogP contribution in [0.25, 0.3) is 0 Å². The lowest BCUT2D eigenvalue weighted by atomic mass is 9.96. The van der Waals surface area contributed by atoms with Gasteiger partial charge in [-0.25, -0.2) is 0 Å². The maximum atomic E-state index is 11.5. The summed E-state index contributed by atoms with van der Waals surface area (Å²) in [6.45, 7) is 9.46. The smallest absolute Gasteiger partial charge is 0.237 e. The Morgan fingerprint density at radius 3 is 2.30 bits per heavy atom. The van der Waals surface area contributed by atoms with Gasteiger partial charge in [-0.05, 0) is 33.6 Å². The molecule has 0 saturated heterocycles. The van der Waals surface area contributed by atoms with Crippen molar-refractivity contribution in [2.75, 3.05) is 13.2 Å². The summed E-state index contributed by atoms with van der Waals surface area (Å²) in [4.78, 5) is 11.5. The summed E-state index contributed by atoms with van der Waals surface area (Å²) in [6.07, 6.45) is 8.20. The van der Waals surface area contributed by atoms with Crippen molar-refractivity contribution in [3.8, 4) is 0 Å². The minimum Gasteiger partial charge on any atom is -0.381 e. The molecule has 20 heavy (non-hydrogen) atoms. The standard InChI is InChI=1S/C16H34N2O2/c1-5-6-7-8-9-10-12-20-13-11-16(4,15(17)19)18-14(2)3/h14,18H,5-13H2,1-4H3,(H2,17,19). The normalized spacial score (nSPS) is 14.4. The van der Waals surface area contributed by atoms with Crippen molar-refractivity contribution in [2.45, 2.75) is 84.2 Å². The zero-order valence-electron chi connectivity index (χ0n) is 13.8. The highest BCUT2D eigenvalue weighted by molar-refractivity contribution is 5.84. The van der Waals surface area contributed by atoms with Gasteiger partial charge < -0.3 is 15.8 Å². The Bertz CT molecular complexity index is 257. The first-order valence-electron chi connectivity index (χ1n) is 8.07. The minimum absolute atomic E-state index is 0.228. The summed E-state index contributed by atoms with van der Waals surface area (Å²) in [5.41, 5.74) is 4.80. The van der Waals surface area contributed by atoms with Crippen molar-refractivity contribution in [1.82, 2.24) is 5.32 Å². The van der Waals surface area contributed by atoms with Gasteiger partial charge in [0.25, 0.3) is 0 Å². The Kier molecular flexibility index (Phi) is 10.8. The number of amides is 1. The van der Waals surface area contributed by atoms with E-state index in [4.69, 9.17) is 10.5 Å². The largest absolute Gasteiger partial charge is 0.381 e. The first-order valence-corrected chi connectivity index (χ1v) is 8.07. The van der Waals surface area contributed by atoms with Gasteiger partial charge in [0.1, 0.15) is 0 Å². The minimum atomic E-state index is -0.671. The second-order valence-corrected chi connectivity index (χ2v) is 6.13. The number of unbranched alkanes of at least 4 members (excludes halogenated alkanes) is 5. The average molecular weight is 286 g/mol. The Morgan fingerprint density at radius 2 is 1.75 bits per heavy atom. The third-order valence-corrected chi connectivity index (χ3v) is 3.54. The summed E-state index contributed by atoms with van der Waals surface area (Å²) < 4.78 is 5.62. The molecule has 0 aromatic heterocycles. The summed E-state index contributed by atoms with van der Waals surface area (Å²) in [5.74, 6) is -0.311. The number of nitrogens with two attached hydrogens (primary N) is 1. The lowest BCUT2D eigenvalue weighted by molar-refractivity contribution is -0.124. The number of hydrogen-bond acceptors (Lipinski definition) is 3. The first kappa shape index (κ1) is 19.4. The molecule has 0 bridgehead atoms. The highest BCUT2D eigenvalue weighted by atomic mass is 16.5. The van der Waals surface area contributed by atoms with Crippen molar-refractivity contribution in [2.24, 2.45) is 5.73 Å². The van der Waals surface area contributed by atoms with E-state index in [9.17, 15) is 4.79 Å². The number of carbonyl (C=O) groups excluding carboxylic acids is 1. The lowest BCUT2D eigenvalue weighted by Crippen LogP contribution is -2.56. The van der Waals surface area contributed by atoms with Gasteiger partial charge in [0.2, 0.25) is 5.91 Å². The first-order chi connectivity index (χ1) is 9.42. The molecule has 0 aromatic rings. The highest BCUT2D eigenvalue weighted by Crippen LogP contribution is 2.11. The number of hydrogen-bond donors (Lipinski definition) is 2. The van der Waals surface area contributed by atoms with E-state index in [-0.39, 0.29) is 11.9 Å². The fourth-order valence-electron chi connectivity index (χ4n) is 2.27. The van der Waals surface area contributed by atoms with E-state index < -0.39 is 5.54 Å². The Balaban J connectivity index is 3.67. The van der Waals surface area contributed by atoms with Crippen LogP contribution in [0.4, 0.5) is 0 Å².